The molecule has 2 aromatic rings. The molecule has 2 aromatic carbocycles. The quantitative estimate of drug-likeness (QED) is 0.900. The third kappa shape index (κ3) is 3.34. The van der Waals surface area contributed by atoms with E-state index in [0.29, 0.717) is 11.6 Å². The standard InChI is InChI=1S/C16H17ClFN/c1-16(11-19,13-5-3-7-15(18)9-13)10-12-4-2-6-14(17)8-12/h2-9H,10-11,19H2,1H3. The van der Waals surface area contributed by atoms with Gasteiger partial charge in [0, 0.05) is 17.0 Å². The summed E-state index contributed by atoms with van der Waals surface area (Å²) in [5, 5.41) is 0.705. The Kier molecular flexibility index (Phi) is 4.23. The molecule has 0 aliphatic rings. The first-order valence-electron chi connectivity index (χ1n) is 6.24. The highest BCUT2D eigenvalue weighted by Gasteiger charge is 2.25. The summed E-state index contributed by atoms with van der Waals surface area (Å²) < 4.78 is 13.4. The van der Waals surface area contributed by atoms with E-state index in [1.807, 2.05) is 37.3 Å². The van der Waals surface area contributed by atoms with Crippen LogP contribution in [0.4, 0.5) is 4.39 Å². The van der Waals surface area contributed by atoms with E-state index in [0.717, 1.165) is 17.5 Å². The van der Waals surface area contributed by atoms with Gasteiger partial charge in [0.15, 0.2) is 0 Å². The Morgan fingerprint density at radius 1 is 1.16 bits per heavy atom. The Hall–Kier alpha value is -1.38. The van der Waals surface area contributed by atoms with Gasteiger partial charge in [-0.15, -0.1) is 0 Å². The zero-order valence-electron chi connectivity index (χ0n) is 10.9. The van der Waals surface area contributed by atoms with Crippen LogP contribution in [0.25, 0.3) is 0 Å². The lowest BCUT2D eigenvalue weighted by Gasteiger charge is -2.29. The molecule has 2 N–H and O–H groups in total. The maximum atomic E-state index is 13.4. The summed E-state index contributed by atoms with van der Waals surface area (Å²) >= 11 is 6.00. The summed E-state index contributed by atoms with van der Waals surface area (Å²) in [6, 6.07) is 14.3. The highest BCUT2D eigenvalue weighted by Crippen LogP contribution is 2.28. The Morgan fingerprint density at radius 2 is 1.89 bits per heavy atom. The van der Waals surface area contributed by atoms with Gasteiger partial charge >= 0.3 is 0 Å². The molecule has 0 heterocycles. The van der Waals surface area contributed by atoms with Gasteiger partial charge in [-0.25, -0.2) is 4.39 Å². The van der Waals surface area contributed by atoms with Crippen molar-refractivity contribution in [3.8, 4) is 0 Å². The van der Waals surface area contributed by atoms with Gasteiger partial charge in [-0.2, -0.15) is 0 Å². The topological polar surface area (TPSA) is 26.0 Å². The van der Waals surface area contributed by atoms with Gasteiger partial charge in [-0.1, -0.05) is 42.8 Å². The molecule has 0 spiro atoms. The molecule has 0 saturated carbocycles. The van der Waals surface area contributed by atoms with Crippen molar-refractivity contribution in [2.45, 2.75) is 18.8 Å². The average Bonchev–Trinajstić information content (AvgIpc) is 2.38. The van der Waals surface area contributed by atoms with Crippen LogP contribution in [0.1, 0.15) is 18.1 Å². The highest BCUT2D eigenvalue weighted by atomic mass is 35.5. The Labute approximate surface area is 118 Å². The minimum atomic E-state index is -0.299. The molecular formula is C16H17ClFN. The van der Waals surface area contributed by atoms with E-state index in [2.05, 4.69) is 0 Å². The van der Waals surface area contributed by atoms with Crippen LogP contribution in [0.15, 0.2) is 48.5 Å². The number of hydrogen-bond donors (Lipinski definition) is 1. The Balaban J connectivity index is 2.32. The van der Waals surface area contributed by atoms with Crippen LogP contribution < -0.4 is 5.73 Å². The molecule has 0 amide bonds. The monoisotopic (exact) mass is 277 g/mol. The van der Waals surface area contributed by atoms with Crippen molar-refractivity contribution in [2.24, 2.45) is 5.73 Å². The minimum absolute atomic E-state index is 0.233. The minimum Gasteiger partial charge on any atom is -0.330 e. The van der Waals surface area contributed by atoms with Gasteiger partial charge in [0.1, 0.15) is 5.82 Å². The van der Waals surface area contributed by atoms with Crippen LogP contribution in [0.5, 0.6) is 0 Å². The van der Waals surface area contributed by atoms with E-state index in [1.54, 1.807) is 12.1 Å². The molecule has 100 valence electrons. The molecule has 0 bridgehead atoms. The first-order valence-corrected chi connectivity index (χ1v) is 6.62. The molecule has 0 aliphatic carbocycles. The zero-order chi connectivity index (χ0) is 13.9. The van der Waals surface area contributed by atoms with Crippen molar-refractivity contribution in [3.63, 3.8) is 0 Å². The number of nitrogens with two attached hydrogens (primary N) is 1. The van der Waals surface area contributed by atoms with Gasteiger partial charge in [-0.3, -0.25) is 0 Å². The fraction of sp³-hybridized carbons (Fsp3) is 0.250. The third-order valence-corrected chi connectivity index (χ3v) is 3.69. The summed E-state index contributed by atoms with van der Waals surface area (Å²) in [4.78, 5) is 0. The van der Waals surface area contributed by atoms with Crippen molar-refractivity contribution >= 4 is 11.6 Å². The second kappa shape index (κ2) is 5.72. The number of halogens is 2. The van der Waals surface area contributed by atoms with Crippen LogP contribution in [0.2, 0.25) is 5.02 Å². The molecular weight excluding hydrogens is 261 g/mol. The van der Waals surface area contributed by atoms with Crippen LogP contribution in [-0.2, 0) is 11.8 Å². The Morgan fingerprint density at radius 3 is 2.53 bits per heavy atom. The summed E-state index contributed by atoms with van der Waals surface area (Å²) in [5.74, 6) is -0.233. The fourth-order valence-electron chi connectivity index (χ4n) is 2.25. The molecule has 0 aliphatic heterocycles. The van der Waals surface area contributed by atoms with Crippen LogP contribution in [-0.4, -0.2) is 6.54 Å². The number of hydrogen-bond acceptors (Lipinski definition) is 1. The summed E-state index contributed by atoms with van der Waals surface area (Å²) in [7, 11) is 0. The Bertz CT molecular complexity index is 570. The second-order valence-electron chi connectivity index (χ2n) is 5.08. The molecule has 19 heavy (non-hydrogen) atoms. The summed E-state index contributed by atoms with van der Waals surface area (Å²) in [6.07, 6.45) is 0.730. The molecule has 0 fully saturated rings. The van der Waals surface area contributed by atoms with Crippen molar-refractivity contribution in [2.75, 3.05) is 6.54 Å². The van der Waals surface area contributed by atoms with Gasteiger partial charge in [0.2, 0.25) is 0 Å². The number of benzene rings is 2. The average molecular weight is 278 g/mol. The van der Waals surface area contributed by atoms with Crippen molar-refractivity contribution < 1.29 is 4.39 Å². The van der Waals surface area contributed by atoms with E-state index in [-0.39, 0.29) is 11.2 Å². The van der Waals surface area contributed by atoms with E-state index < -0.39 is 0 Å². The molecule has 3 heteroatoms. The van der Waals surface area contributed by atoms with Crippen molar-refractivity contribution in [1.82, 2.24) is 0 Å². The number of rotatable bonds is 4. The normalized spacial score (nSPS) is 14.1. The first kappa shape index (κ1) is 14.0. The van der Waals surface area contributed by atoms with Gasteiger partial charge < -0.3 is 5.73 Å². The molecule has 0 aromatic heterocycles. The zero-order valence-corrected chi connectivity index (χ0v) is 11.6. The largest absolute Gasteiger partial charge is 0.330 e. The lowest BCUT2D eigenvalue weighted by Crippen LogP contribution is -2.34. The lowest BCUT2D eigenvalue weighted by molar-refractivity contribution is 0.476. The van der Waals surface area contributed by atoms with Crippen molar-refractivity contribution in [3.05, 3.63) is 70.5 Å². The maximum absolute atomic E-state index is 13.4. The van der Waals surface area contributed by atoms with E-state index in [1.165, 1.54) is 6.07 Å². The second-order valence-corrected chi connectivity index (χ2v) is 5.52. The first-order chi connectivity index (χ1) is 9.03. The van der Waals surface area contributed by atoms with E-state index in [9.17, 15) is 4.39 Å². The van der Waals surface area contributed by atoms with E-state index in [4.69, 9.17) is 17.3 Å². The molecule has 2 rings (SSSR count). The molecule has 1 atom stereocenters. The summed E-state index contributed by atoms with van der Waals surface area (Å²) in [5.41, 5.74) is 7.63. The smallest absolute Gasteiger partial charge is 0.123 e. The van der Waals surface area contributed by atoms with Crippen LogP contribution >= 0.6 is 11.6 Å². The van der Waals surface area contributed by atoms with Gasteiger partial charge in [-0.05, 0) is 41.8 Å². The fourth-order valence-corrected chi connectivity index (χ4v) is 2.47. The summed E-state index contributed by atoms with van der Waals surface area (Å²) in [6.45, 7) is 2.49. The van der Waals surface area contributed by atoms with Crippen LogP contribution in [0.3, 0.4) is 0 Å². The molecule has 0 saturated heterocycles. The SMILES string of the molecule is CC(CN)(Cc1cccc(Cl)c1)c1cccc(F)c1. The third-order valence-electron chi connectivity index (χ3n) is 3.46. The molecule has 1 unspecified atom stereocenters. The van der Waals surface area contributed by atoms with Crippen LogP contribution in [0, 0.1) is 5.82 Å². The van der Waals surface area contributed by atoms with Gasteiger partial charge in [0.25, 0.3) is 0 Å². The predicted molar refractivity (Wildman–Crippen MR) is 78.0 cm³/mol. The lowest BCUT2D eigenvalue weighted by atomic mass is 9.77. The predicted octanol–water partition coefficient (Wildman–Crippen LogP) is 3.94. The maximum Gasteiger partial charge on any atom is 0.123 e. The van der Waals surface area contributed by atoms with E-state index >= 15 is 0 Å². The van der Waals surface area contributed by atoms with Crippen molar-refractivity contribution in [1.29, 1.82) is 0 Å². The highest BCUT2D eigenvalue weighted by molar-refractivity contribution is 6.30. The molecule has 1 nitrogen and oxygen atoms in total. The molecule has 0 radical (unpaired) electrons. The van der Waals surface area contributed by atoms with Gasteiger partial charge in [0.05, 0.1) is 0 Å².